The molecule has 0 saturated heterocycles. The van der Waals surface area contributed by atoms with Gasteiger partial charge in [0.25, 0.3) is 0 Å². The number of benzene rings is 3. The van der Waals surface area contributed by atoms with E-state index in [1.54, 1.807) is 43.5 Å². The maximum absolute atomic E-state index is 12.3. The average Bonchev–Trinajstić information content (AvgIpc) is 2.72. The monoisotopic (exact) mass is 493 g/mol. The standard InChI is InChI=1S/C22H21Cl2N3O4S/c1-31-20-6-4-3-5-17(20)21-18(23)11-16(12-19(21)24)26-22(28)25-13-14-7-9-15(10-8-14)27-32(2,29)30/h3-12,27H,13H2,1-2H3,(H2,25,26,28). The van der Waals surface area contributed by atoms with Crippen LogP contribution in [0.1, 0.15) is 5.56 Å². The van der Waals surface area contributed by atoms with Crippen molar-refractivity contribution in [2.24, 2.45) is 0 Å². The van der Waals surface area contributed by atoms with Gasteiger partial charge in [0.15, 0.2) is 0 Å². The summed E-state index contributed by atoms with van der Waals surface area (Å²) < 4.78 is 30.3. The van der Waals surface area contributed by atoms with Gasteiger partial charge in [0.2, 0.25) is 10.0 Å². The number of hydrogen-bond donors (Lipinski definition) is 3. The highest BCUT2D eigenvalue weighted by atomic mass is 35.5. The predicted octanol–water partition coefficient (Wildman–Crippen LogP) is 5.36. The molecule has 0 heterocycles. The molecule has 168 valence electrons. The molecular weight excluding hydrogens is 473 g/mol. The molecule has 0 atom stereocenters. The molecule has 2 amide bonds. The van der Waals surface area contributed by atoms with Crippen molar-refractivity contribution in [2.75, 3.05) is 23.4 Å². The Balaban J connectivity index is 1.65. The quantitative estimate of drug-likeness (QED) is 0.412. The minimum atomic E-state index is -3.34. The molecule has 0 aliphatic rings. The van der Waals surface area contributed by atoms with Crippen LogP contribution in [0.4, 0.5) is 16.2 Å². The van der Waals surface area contributed by atoms with Crippen molar-refractivity contribution in [1.82, 2.24) is 5.32 Å². The molecule has 3 rings (SSSR count). The van der Waals surface area contributed by atoms with Crippen molar-refractivity contribution in [3.05, 3.63) is 76.3 Å². The fourth-order valence-corrected chi connectivity index (χ4v) is 4.27. The van der Waals surface area contributed by atoms with Crippen LogP contribution in [0.2, 0.25) is 10.0 Å². The van der Waals surface area contributed by atoms with Crippen molar-refractivity contribution < 1.29 is 17.9 Å². The van der Waals surface area contributed by atoms with E-state index in [9.17, 15) is 13.2 Å². The van der Waals surface area contributed by atoms with Gasteiger partial charge in [-0.15, -0.1) is 0 Å². The second kappa shape index (κ2) is 10.1. The van der Waals surface area contributed by atoms with Crippen molar-refractivity contribution in [1.29, 1.82) is 0 Å². The van der Waals surface area contributed by atoms with Gasteiger partial charge in [-0.25, -0.2) is 13.2 Å². The summed E-state index contributed by atoms with van der Waals surface area (Å²) in [6.45, 7) is 0.242. The number of para-hydroxylation sites is 1. The molecule has 0 aliphatic heterocycles. The van der Waals surface area contributed by atoms with Gasteiger partial charge in [-0.05, 0) is 35.9 Å². The van der Waals surface area contributed by atoms with Crippen molar-refractivity contribution in [2.45, 2.75) is 6.54 Å². The molecule has 0 aromatic heterocycles. The second-order valence-corrected chi connectivity index (χ2v) is 9.46. The highest BCUT2D eigenvalue weighted by Gasteiger charge is 2.15. The predicted molar refractivity (Wildman–Crippen MR) is 129 cm³/mol. The Morgan fingerprint density at radius 2 is 1.59 bits per heavy atom. The molecule has 0 radical (unpaired) electrons. The summed E-state index contributed by atoms with van der Waals surface area (Å²) in [4.78, 5) is 12.3. The van der Waals surface area contributed by atoms with Gasteiger partial charge in [0.1, 0.15) is 5.75 Å². The number of urea groups is 1. The topological polar surface area (TPSA) is 96.5 Å². The second-order valence-electron chi connectivity index (χ2n) is 6.89. The van der Waals surface area contributed by atoms with Gasteiger partial charge < -0.3 is 15.4 Å². The lowest BCUT2D eigenvalue weighted by Crippen LogP contribution is -2.28. The minimum Gasteiger partial charge on any atom is -0.496 e. The van der Waals surface area contributed by atoms with E-state index in [0.29, 0.717) is 32.7 Å². The van der Waals surface area contributed by atoms with Gasteiger partial charge in [-0.3, -0.25) is 4.72 Å². The lowest BCUT2D eigenvalue weighted by molar-refractivity contribution is 0.251. The third kappa shape index (κ3) is 6.29. The molecule has 32 heavy (non-hydrogen) atoms. The van der Waals surface area contributed by atoms with Crippen LogP contribution >= 0.6 is 23.2 Å². The summed E-state index contributed by atoms with van der Waals surface area (Å²) in [6.07, 6.45) is 1.08. The third-order valence-corrected chi connectivity index (χ3v) is 5.59. The molecule has 0 fully saturated rings. The van der Waals surface area contributed by atoms with Crippen LogP contribution in [-0.2, 0) is 16.6 Å². The summed E-state index contributed by atoms with van der Waals surface area (Å²) in [5.41, 5.74) is 3.03. The Kier molecular flexibility index (Phi) is 7.50. The summed E-state index contributed by atoms with van der Waals surface area (Å²) in [7, 11) is -1.77. The molecule has 3 N–H and O–H groups in total. The number of halogens is 2. The smallest absolute Gasteiger partial charge is 0.319 e. The maximum Gasteiger partial charge on any atom is 0.319 e. The number of anilines is 2. The van der Waals surface area contributed by atoms with Crippen LogP contribution in [0.5, 0.6) is 5.75 Å². The van der Waals surface area contributed by atoms with E-state index in [1.165, 1.54) is 0 Å². The first-order valence-corrected chi connectivity index (χ1v) is 12.0. The van der Waals surface area contributed by atoms with Gasteiger partial charge >= 0.3 is 6.03 Å². The van der Waals surface area contributed by atoms with Gasteiger partial charge in [0, 0.05) is 29.0 Å². The summed E-state index contributed by atoms with van der Waals surface area (Å²) in [6, 6.07) is 16.8. The van der Waals surface area contributed by atoms with Gasteiger partial charge in [-0.2, -0.15) is 0 Å². The van der Waals surface area contributed by atoms with Crippen LogP contribution < -0.4 is 20.1 Å². The summed E-state index contributed by atoms with van der Waals surface area (Å²) in [5, 5.41) is 6.16. The number of rotatable bonds is 7. The van der Waals surface area contributed by atoms with E-state index in [-0.39, 0.29) is 6.54 Å². The van der Waals surface area contributed by atoms with Crippen LogP contribution in [0.15, 0.2) is 60.7 Å². The highest BCUT2D eigenvalue weighted by molar-refractivity contribution is 7.92. The summed E-state index contributed by atoms with van der Waals surface area (Å²) in [5.74, 6) is 0.632. The Morgan fingerprint density at radius 3 is 2.19 bits per heavy atom. The Morgan fingerprint density at radius 1 is 0.969 bits per heavy atom. The highest BCUT2D eigenvalue weighted by Crippen LogP contribution is 2.41. The molecule has 7 nitrogen and oxygen atoms in total. The van der Waals surface area contributed by atoms with Crippen LogP contribution in [-0.4, -0.2) is 27.8 Å². The minimum absolute atomic E-state index is 0.242. The van der Waals surface area contributed by atoms with E-state index < -0.39 is 16.1 Å². The van der Waals surface area contributed by atoms with E-state index in [0.717, 1.165) is 17.4 Å². The molecule has 0 spiro atoms. The number of hydrogen-bond acceptors (Lipinski definition) is 4. The van der Waals surface area contributed by atoms with E-state index in [1.807, 2.05) is 24.3 Å². The van der Waals surface area contributed by atoms with Crippen molar-refractivity contribution in [3.63, 3.8) is 0 Å². The lowest BCUT2D eigenvalue weighted by Gasteiger charge is -2.14. The lowest BCUT2D eigenvalue weighted by atomic mass is 10.0. The number of carbonyl (C=O) groups excluding carboxylic acids is 1. The molecule has 0 aliphatic carbocycles. The fourth-order valence-electron chi connectivity index (χ4n) is 3.02. The van der Waals surface area contributed by atoms with Crippen LogP contribution in [0.3, 0.4) is 0 Å². The maximum atomic E-state index is 12.3. The molecule has 10 heteroatoms. The normalized spacial score (nSPS) is 11.0. The van der Waals surface area contributed by atoms with Crippen LogP contribution in [0.25, 0.3) is 11.1 Å². The molecule has 0 saturated carbocycles. The molecule has 3 aromatic rings. The van der Waals surface area contributed by atoms with Crippen LogP contribution in [0, 0.1) is 0 Å². The number of amides is 2. The molecular formula is C22H21Cl2N3O4S. The zero-order valence-electron chi connectivity index (χ0n) is 17.3. The van der Waals surface area contributed by atoms with Crippen molar-refractivity contribution >= 4 is 50.6 Å². The Hall–Kier alpha value is -2.94. The SMILES string of the molecule is COc1ccccc1-c1c(Cl)cc(NC(=O)NCc2ccc(NS(C)(=O)=O)cc2)cc1Cl. The molecule has 3 aromatic carbocycles. The summed E-state index contributed by atoms with van der Waals surface area (Å²) >= 11 is 12.9. The largest absolute Gasteiger partial charge is 0.496 e. The zero-order valence-corrected chi connectivity index (χ0v) is 19.6. The first kappa shape index (κ1) is 23.7. The number of carbonyl (C=O) groups is 1. The number of ether oxygens (including phenoxy) is 1. The third-order valence-electron chi connectivity index (χ3n) is 4.39. The van der Waals surface area contributed by atoms with Gasteiger partial charge in [0.05, 0.1) is 23.4 Å². The number of sulfonamides is 1. The van der Waals surface area contributed by atoms with Gasteiger partial charge in [-0.1, -0.05) is 53.5 Å². The van der Waals surface area contributed by atoms with E-state index in [4.69, 9.17) is 27.9 Å². The Labute approximate surface area is 196 Å². The number of methoxy groups -OCH3 is 1. The molecule has 0 bridgehead atoms. The first-order valence-electron chi connectivity index (χ1n) is 9.40. The Bertz CT molecular complexity index is 1210. The zero-order chi connectivity index (χ0) is 23.3. The van der Waals surface area contributed by atoms with E-state index in [2.05, 4.69) is 15.4 Å². The number of nitrogens with one attached hydrogen (secondary N) is 3. The van der Waals surface area contributed by atoms with E-state index >= 15 is 0 Å². The fraction of sp³-hybridized carbons (Fsp3) is 0.136. The average molecular weight is 494 g/mol. The molecule has 0 unspecified atom stereocenters. The van der Waals surface area contributed by atoms with Crippen molar-refractivity contribution in [3.8, 4) is 16.9 Å². The first-order chi connectivity index (χ1) is 15.2.